The highest BCUT2D eigenvalue weighted by Gasteiger charge is 2.12. The van der Waals surface area contributed by atoms with E-state index in [0.717, 1.165) is 5.69 Å². The molecule has 1 nitrogen and oxygen atoms in total. The predicted molar refractivity (Wildman–Crippen MR) is 135 cm³/mol. The van der Waals surface area contributed by atoms with Crippen molar-refractivity contribution >= 4 is 29.2 Å². The lowest BCUT2D eigenvalue weighted by Gasteiger charge is -2.26. The zero-order valence-corrected chi connectivity index (χ0v) is 18.8. The molecular weight excluding hydrogens is 374 g/mol. The summed E-state index contributed by atoms with van der Waals surface area (Å²) < 4.78 is 0. The first kappa shape index (κ1) is 20.7. The molecular formula is C30H29N. The predicted octanol–water partition coefficient (Wildman–Crippen LogP) is 8.56. The van der Waals surface area contributed by atoms with Gasteiger partial charge in [0.1, 0.15) is 0 Å². The molecule has 0 fully saturated rings. The Hall–Kier alpha value is -3.58. The number of rotatable bonds is 5. The van der Waals surface area contributed by atoms with Crippen molar-refractivity contribution in [3.8, 4) is 0 Å². The van der Waals surface area contributed by atoms with Crippen molar-refractivity contribution in [2.45, 2.75) is 27.7 Å². The van der Waals surface area contributed by atoms with Crippen molar-refractivity contribution in [2.24, 2.45) is 0 Å². The van der Waals surface area contributed by atoms with E-state index < -0.39 is 0 Å². The standard InChI is InChI=1S/C30H29N/c1-22-7-5-9-29(20-22)31(30-10-6-8-23(2)21-30)28-17-13-26(14-18-28)12-16-27-15-11-24(3)19-25(27)4/h5-21H,1-4H3. The summed E-state index contributed by atoms with van der Waals surface area (Å²) in [5, 5.41) is 0. The second kappa shape index (κ2) is 9.06. The molecule has 0 saturated heterocycles. The summed E-state index contributed by atoms with van der Waals surface area (Å²) in [7, 11) is 0. The molecule has 0 aliphatic carbocycles. The summed E-state index contributed by atoms with van der Waals surface area (Å²) >= 11 is 0. The number of benzene rings is 4. The van der Waals surface area contributed by atoms with Crippen LogP contribution in [0.25, 0.3) is 12.2 Å². The van der Waals surface area contributed by atoms with Crippen LogP contribution in [0.5, 0.6) is 0 Å². The Bertz CT molecular complexity index is 1170. The SMILES string of the molecule is Cc1cccc(N(c2ccc(C=Cc3ccc(C)cc3C)cc2)c2cccc(C)c2)c1. The lowest BCUT2D eigenvalue weighted by atomic mass is 10.0. The van der Waals surface area contributed by atoms with Crippen LogP contribution >= 0.6 is 0 Å². The largest absolute Gasteiger partial charge is 0.310 e. The smallest absolute Gasteiger partial charge is 0.0464 e. The molecule has 154 valence electrons. The molecule has 0 amide bonds. The second-order valence-corrected chi connectivity index (χ2v) is 8.30. The van der Waals surface area contributed by atoms with Gasteiger partial charge in [0.2, 0.25) is 0 Å². The third kappa shape index (κ3) is 4.95. The van der Waals surface area contributed by atoms with Crippen LogP contribution in [-0.4, -0.2) is 0 Å². The lowest BCUT2D eigenvalue weighted by Crippen LogP contribution is -2.10. The van der Waals surface area contributed by atoms with Crippen LogP contribution in [0.2, 0.25) is 0 Å². The summed E-state index contributed by atoms with van der Waals surface area (Å²) in [6, 6.07) is 32.7. The highest BCUT2D eigenvalue weighted by molar-refractivity contribution is 5.78. The molecule has 0 aromatic heterocycles. The minimum absolute atomic E-state index is 1.15. The van der Waals surface area contributed by atoms with Crippen LogP contribution in [0, 0.1) is 27.7 Å². The van der Waals surface area contributed by atoms with Gasteiger partial charge in [-0.3, -0.25) is 0 Å². The zero-order chi connectivity index (χ0) is 21.8. The summed E-state index contributed by atoms with van der Waals surface area (Å²) in [6.07, 6.45) is 4.38. The maximum absolute atomic E-state index is 2.32. The average Bonchev–Trinajstić information content (AvgIpc) is 2.74. The van der Waals surface area contributed by atoms with Crippen LogP contribution in [0.15, 0.2) is 91.0 Å². The van der Waals surface area contributed by atoms with E-state index in [1.165, 1.54) is 44.8 Å². The summed E-state index contributed by atoms with van der Waals surface area (Å²) in [4.78, 5) is 2.32. The van der Waals surface area contributed by atoms with Crippen molar-refractivity contribution < 1.29 is 0 Å². The molecule has 0 bridgehead atoms. The number of hydrogen-bond donors (Lipinski definition) is 0. The van der Waals surface area contributed by atoms with E-state index in [2.05, 4.69) is 136 Å². The molecule has 0 aliphatic heterocycles. The Morgan fingerprint density at radius 1 is 0.516 bits per heavy atom. The number of nitrogens with zero attached hydrogens (tertiary/aromatic N) is 1. The maximum atomic E-state index is 2.32. The zero-order valence-electron chi connectivity index (χ0n) is 18.8. The van der Waals surface area contributed by atoms with E-state index in [4.69, 9.17) is 0 Å². The van der Waals surface area contributed by atoms with E-state index in [1.54, 1.807) is 0 Å². The van der Waals surface area contributed by atoms with Crippen molar-refractivity contribution in [3.63, 3.8) is 0 Å². The van der Waals surface area contributed by atoms with Gasteiger partial charge in [-0.25, -0.2) is 0 Å². The minimum atomic E-state index is 1.15. The fourth-order valence-corrected chi connectivity index (χ4v) is 3.91. The number of aryl methyl sites for hydroxylation is 4. The van der Waals surface area contributed by atoms with Gasteiger partial charge in [-0.05, 0) is 91.9 Å². The van der Waals surface area contributed by atoms with E-state index in [0.29, 0.717) is 0 Å². The van der Waals surface area contributed by atoms with Gasteiger partial charge in [-0.15, -0.1) is 0 Å². The monoisotopic (exact) mass is 403 g/mol. The second-order valence-electron chi connectivity index (χ2n) is 8.30. The minimum Gasteiger partial charge on any atom is -0.310 e. The molecule has 0 heterocycles. The molecule has 0 atom stereocenters. The van der Waals surface area contributed by atoms with Crippen LogP contribution < -0.4 is 4.90 Å². The topological polar surface area (TPSA) is 3.24 Å². The fraction of sp³-hybridized carbons (Fsp3) is 0.133. The molecule has 0 unspecified atom stereocenters. The normalized spacial score (nSPS) is 11.1. The summed E-state index contributed by atoms with van der Waals surface area (Å²) in [5.74, 6) is 0. The van der Waals surface area contributed by atoms with Crippen molar-refractivity contribution in [2.75, 3.05) is 4.90 Å². The van der Waals surface area contributed by atoms with Crippen LogP contribution in [-0.2, 0) is 0 Å². The Morgan fingerprint density at radius 2 is 1.10 bits per heavy atom. The van der Waals surface area contributed by atoms with Gasteiger partial charge in [-0.1, -0.05) is 72.3 Å². The highest BCUT2D eigenvalue weighted by Crippen LogP contribution is 2.35. The van der Waals surface area contributed by atoms with Crippen molar-refractivity contribution in [1.29, 1.82) is 0 Å². The molecule has 0 radical (unpaired) electrons. The van der Waals surface area contributed by atoms with Gasteiger partial charge in [0.05, 0.1) is 0 Å². The summed E-state index contributed by atoms with van der Waals surface area (Å²) in [5.41, 5.74) is 11.1. The lowest BCUT2D eigenvalue weighted by molar-refractivity contribution is 1.26. The molecule has 0 spiro atoms. The fourth-order valence-electron chi connectivity index (χ4n) is 3.91. The number of hydrogen-bond acceptors (Lipinski definition) is 1. The van der Waals surface area contributed by atoms with Crippen LogP contribution in [0.1, 0.15) is 33.4 Å². The van der Waals surface area contributed by atoms with E-state index in [-0.39, 0.29) is 0 Å². The molecule has 4 aromatic rings. The molecule has 4 aromatic carbocycles. The van der Waals surface area contributed by atoms with Gasteiger partial charge in [0, 0.05) is 17.1 Å². The van der Waals surface area contributed by atoms with Crippen LogP contribution in [0.4, 0.5) is 17.1 Å². The van der Waals surface area contributed by atoms with E-state index >= 15 is 0 Å². The van der Waals surface area contributed by atoms with E-state index in [1.807, 2.05) is 0 Å². The molecule has 0 N–H and O–H groups in total. The van der Waals surface area contributed by atoms with Crippen molar-refractivity contribution in [1.82, 2.24) is 0 Å². The first-order valence-electron chi connectivity index (χ1n) is 10.8. The Labute approximate surface area is 186 Å². The molecule has 4 rings (SSSR count). The maximum Gasteiger partial charge on any atom is 0.0464 e. The Kier molecular flexibility index (Phi) is 6.04. The summed E-state index contributed by atoms with van der Waals surface area (Å²) in [6.45, 7) is 8.57. The van der Waals surface area contributed by atoms with Gasteiger partial charge in [-0.2, -0.15) is 0 Å². The molecule has 0 saturated carbocycles. The highest BCUT2D eigenvalue weighted by atomic mass is 15.1. The van der Waals surface area contributed by atoms with Gasteiger partial charge < -0.3 is 4.90 Å². The molecule has 1 heteroatoms. The molecule has 31 heavy (non-hydrogen) atoms. The average molecular weight is 404 g/mol. The first-order chi connectivity index (χ1) is 15.0. The number of anilines is 3. The Morgan fingerprint density at radius 3 is 1.65 bits per heavy atom. The van der Waals surface area contributed by atoms with Crippen molar-refractivity contribution in [3.05, 3.63) is 124 Å². The van der Waals surface area contributed by atoms with Crippen LogP contribution in [0.3, 0.4) is 0 Å². The third-order valence-electron chi connectivity index (χ3n) is 5.55. The Balaban J connectivity index is 1.67. The van der Waals surface area contributed by atoms with E-state index in [9.17, 15) is 0 Å². The van der Waals surface area contributed by atoms with Gasteiger partial charge >= 0.3 is 0 Å². The first-order valence-corrected chi connectivity index (χ1v) is 10.8. The van der Waals surface area contributed by atoms with Gasteiger partial charge in [0.15, 0.2) is 0 Å². The molecule has 0 aliphatic rings. The third-order valence-corrected chi connectivity index (χ3v) is 5.55. The quantitative estimate of drug-likeness (QED) is 0.302. The van der Waals surface area contributed by atoms with Gasteiger partial charge in [0.25, 0.3) is 0 Å².